The molecule has 2 aromatic heterocycles. The van der Waals surface area contributed by atoms with Crippen LogP contribution in [0.2, 0.25) is 0 Å². The van der Waals surface area contributed by atoms with Gasteiger partial charge in [-0.15, -0.1) is 23.1 Å². The van der Waals surface area contributed by atoms with E-state index >= 15 is 0 Å². The van der Waals surface area contributed by atoms with Crippen molar-refractivity contribution in [3.05, 3.63) is 58.9 Å². The first-order chi connectivity index (χ1) is 12.8. The van der Waals surface area contributed by atoms with Crippen LogP contribution in [-0.2, 0) is 9.84 Å². The Balaban J connectivity index is 2.18. The fourth-order valence-electron chi connectivity index (χ4n) is 2.57. The van der Waals surface area contributed by atoms with E-state index in [9.17, 15) is 12.8 Å². The second-order valence-corrected chi connectivity index (χ2v) is 9.74. The molecule has 0 bridgehead atoms. The molecule has 0 saturated carbocycles. The van der Waals surface area contributed by atoms with Crippen molar-refractivity contribution in [2.45, 2.75) is 20.9 Å². The van der Waals surface area contributed by atoms with E-state index in [4.69, 9.17) is 11.1 Å². The number of hydrogen-bond acceptors (Lipinski definition) is 6. The number of halogens is 1. The Morgan fingerprint density at radius 3 is 2.67 bits per heavy atom. The second-order valence-electron chi connectivity index (χ2n) is 5.69. The molecule has 0 unspecified atom stereocenters. The number of nitrogen functional groups attached to an aromatic ring is 1. The maximum absolute atomic E-state index is 14.4. The number of thiophene rings is 1. The van der Waals surface area contributed by atoms with Crippen LogP contribution in [0.5, 0.6) is 0 Å². The molecule has 9 heteroatoms. The van der Waals surface area contributed by atoms with Crippen molar-refractivity contribution in [2.75, 3.05) is 6.26 Å². The Hall–Kier alpha value is -2.23. The van der Waals surface area contributed by atoms with Gasteiger partial charge in [-0.2, -0.15) is 0 Å². The highest BCUT2D eigenvalue weighted by Crippen LogP contribution is 2.38. The summed E-state index contributed by atoms with van der Waals surface area (Å²) in [7, 11) is -3.91. The Labute approximate surface area is 164 Å². The average molecular weight is 422 g/mol. The van der Waals surface area contributed by atoms with Crippen LogP contribution >= 0.6 is 23.1 Å². The standard InChI is InChI=1S/C18H16FN3O2S3/c1-10-4-3-7-22-16(10)12-8-11(5-6-13(12)19)27(23,24)15-9-14(17(20)21)26-18(15)25-2/h3-9H,1-2H3,(H3,20,21). The number of thioether (sulfide) groups is 1. The van der Waals surface area contributed by atoms with E-state index < -0.39 is 15.7 Å². The third-order valence-corrected chi connectivity index (χ3v) is 8.26. The lowest BCUT2D eigenvalue weighted by molar-refractivity contribution is 0.594. The van der Waals surface area contributed by atoms with Gasteiger partial charge < -0.3 is 5.73 Å². The van der Waals surface area contributed by atoms with Gasteiger partial charge in [0.1, 0.15) is 11.7 Å². The minimum Gasteiger partial charge on any atom is -0.383 e. The molecule has 0 saturated heterocycles. The normalized spacial score (nSPS) is 11.5. The zero-order valence-electron chi connectivity index (χ0n) is 14.5. The van der Waals surface area contributed by atoms with Gasteiger partial charge in [0, 0.05) is 11.8 Å². The van der Waals surface area contributed by atoms with E-state index in [2.05, 4.69) is 4.98 Å². The SMILES string of the molecule is CSc1sc(C(=N)N)cc1S(=O)(=O)c1ccc(F)c(-c2ncccc2C)c1. The van der Waals surface area contributed by atoms with Gasteiger partial charge in [-0.25, -0.2) is 12.8 Å². The number of nitrogens with two attached hydrogens (primary N) is 1. The number of rotatable bonds is 5. The van der Waals surface area contributed by atoms with E-state index in [1.54, 1.807) is 25.3 Å². The van der Waals surface area contributed by atoms with E-state index in [-0.39, 0.29) is 21.2 Å². The molecule has 5 nitrogen and oxygen atoms in total. The molecule has 0 radical (unpaired) electrons. The van der Waals surface area contributed by atoms with E-state index in [1.165, 1.54) is 36.2 Å². The zero-order valence-corrected chi connectivity index (χ0v) is 16.9. The summed E-state index contributed by atoms with van der Waals surface area (Å²) in [6, 6.07) is 8.58. The number of nitrogens with zero attached hydrogens (tertiary/aromatic N) is 1. The quantitative estimate of drug-likeness (QED) is 0.280. The molecule has 0 amide bonds. The lowest BCUT2D eigenvalue weighted by Crippen LogP contribution is -2.09. The molecular weight excluding hydrogens is 405 g/mol. The van der Waals surface area contributed by atoms with Crippen molar-refractivity contribution < 1.29 is 12.8 Å². The number of nitrogens with one attached hydrogen (secondary N) is 1. The summed E-state index contributed by atoms with van der Waals surface area (Å²) in [4.78, 5) is 4.60. The molecule has 3 rings (SSSR count). The molecule has 3 N–H and O–H groups in total. The minimum atomic E-state index is -3.91. The summed E-state index contributed by atoms with van der Waals surface area (Å²) in [5, 5.41) is 7.55. The van der Waals surface area contributed by atoms with Gasteiger partial charge in [0.05, 0.1) is 24.6 Å². The maximum Gasteiger partial charge on any atom is 0.208 e. The molecule has 140 valence electrons. The third kappa shape index (κ3) is 3.62. The molecule has 0 spiro atoms. The average Bonchev–Trinajstić information content (AvgIpc) is 3.08. The number of hydrogen-bond donors (Lipinski definition) is 2. The fourth-order valence-corrected chi connectivity index (χ4v) is 6.45. The summed E-state index contributed by atoms with van der Waals surface area (Å²) in [6.45, 7) is 1.78. The molecule has 1 aromatic carbocycles. The molecule has 0 aliphatic rings. The molecule has 0 fully saturated rings. The summed E-state index contributed by atoms with van der Waals surface area (Å²) in [6.07, 6.45) is 3.29. The minimum absolute atomic E-state index is 0.0350. The molecular formula is C18H16FN3O2S3. The second kappa shape index (κ2) is 7.41. The van der Waals surface area contributed by atoms with Crippen LogP contribution in [0.4, 0.5) is 4.39 Å². The first-order valence-corrected chi connectivity index (χ1v) is 11.3. The van der Waals surface area contributed by atoms with Crippen molar-refractivity contribution in [3.63, 3.8) is 0 Å². The van der Waals surface area contributed by atoms with E-state index in [1.807, 2.05) is 0 Å². The number of pyridine rings is 1. The van der Waals surface area contributed by atoms with Crippen LogP contribution in [0.25, 0.3) is 11.3 Å². The van der Waals surface area contributed by atoms with Crippen LogP contribution in [0.15, 0.2) is 56.6 Å². The van der Waals surface area contributed by atoms with Crippen molar-refractivity contribution in [3.8, 4) is 11.3 Å². The van der Waals surface area contributed by atoms with Crippen molar-refractivity contribution in [2.24, 2.45) is 5.73 Å². The Morgan fingerprint density at radius 2 is 2.04 bits per heavy atom. The predicted molar refractivity (Wildman–Crippen MR) is 107 cm³/mol. The van der Waals surface area contributed by atoms with Gasteiger partial charge in [0.2, 0.25) is 9.84 Å². The smallest absolute Gasteiger partial charge is 0.208 e. The van der Waals surface area contributed by atoms with Crippen LogP contribution in [0.1, 0.15) is 10.4 Å². The van der Waals surface area contributed by atoms with Gasteiger partial charge in [-0.1, -0.05) is 6.07 Å². The van der Waals surface area contributed by atoms with Crippen LogP contribution in [0.3, 0.4) is 0 Å². The Bertz CT molecular complexity index is 1140. The van der Waals surface area contributed by atoms with Crippen LogP contribution < -0.4 is 5.73 Å². The van der Waals surface area contributed by atoms with Crippen molar-refractivity contribution in [1.29, 1.82) is 5.41 Å². The Morgan fingerprint density at radius 1 is 1.30 bits per heavy atom. The summed E-state index contributed by atoms with van der Waals surface area (Å²) in [5.41, 5.74) is 6.76. The van der Waals surface area contributed by atoms with Crippen LogP contribution in [0, 0.1) is 18.2 Å². The van der Waals surface area contributed by atoms with E-state index in [0.29, 0.717) is 14.8 Å². The fraction of sp³-hybridized carbons (Fsp3) is 0.111. The molecule has 27 heavy (non-hydrogen) atoms. The molecule has 0 aliphatic carbocycles. The number of amidine groups is 1. The molecule has 0 atom stereocenters. The van der Waals surface area contributed by atoms with Gasteiger partial charge in [-0.3, -0.25) is 10.4 Å². The number of sulfone groups is 1. The third-order valence-electron chi connectivity index (χ3n) is 3.92. The zero-order chi connectivity index (χ0) is 19.8. The predicted octanol–water partition coefficient (Wildman–Crippen LogP) is 4.10. The summed E-state index contributed by atoms with van der Waals surface area (Å²) >= 11 is 2.41. The number of benzene rings is 1. The lowest BCUT2D eigenvalue weighted by atomic mass is 10.1. The topological polar surface area (TPSA) is 96.9 Å². The molecule has 3 aromatic rings. The lowest BCUT2D eigenvalue weighted by Gasteiger charge is -2.10. The summed E-state index contributed by atoms with van der Waals surface area (Å²) in [5.74, 6) is -0.740. The van der Waals surface area contributed by atoms with Gasteiger partial charge in [-0.05, 0) is 49.1 Å². The highest BCUT2D eigenvalue weighted by Gasteiger charge is 2.26. The number of aryl methyl sites for hydroxylation is 1. The first kappa shape index (κ1) is 19.5. The maximum atomic E-state index is 14.4. The van der Waals surface area contributed by atoms with Gasteiger partial charge in [0.25, 0.3) is 0 Å². The Kier molecular flexibility index (Phi) is 5.36. The van der Waals surface area contributed by atoms with Crippen LogP contribution in [-0.4, -0.2) is 25.5 Å². The van der Waals surface area contributed by atoms with Gasteiger partial charge >= 0.3 is 0 Å². The van der Waals surface area contributed by atoms with Crippen molar-refractivity contribution >= 4 is 38.8 Å². The van der Waals surface area contributed by atoms with Crippen molar-refractivity contribution in [1.82, 2.24) is 4.98 Å². The monoisotopic (exact) mass is 421 g/mol. The summed E-state index contributed by atoms with van der Waals surface area (Å²) < 4.78 is 41.3. The largest absolute Gasteiger partial charge is 0.383 e. The molecule has 0 aliphatic heterocycles. The van der Waals surface area contributed by atoms with E-state index in [0.717, 1.165) is 23.0 Å². The first-order valence-electron chi connectivity index (χ1n) is 7.74. The number of aromatic nitrogens is 1. The highest BCUT2D eigenvalue weighted by atomic mass is 32.2. The van der Waals surface area contributed by atoms with Gasteiger partial charge in [0.15, 0.2) is 0 Å². The highest BCUT2D eigenvalue weighted by molar-refractivity contribution is 8.01. The molecule has 2 heterocycles.